The Morgan fingerprint density at radius 3 is 2.77 bits per heavy atom. The third-order valence-corrected chi connectivity index (χ3v) is 3.84. The van der Waals surface area contributed by atoms with Crippen molar-refractivity contribution in [2.45, 2.75) is 18.9 Å². The zero-order valence-electron chi connectivity index (χ0n) is 12.2. The maximum atomic E-state index is 13.8. The predicted molar refractivity (Wildman–Crippen MR) is 82.3 cm³/mol. The minimum Gasteiger partial charge on any atom is -0.492 e. The van der Waals surface area contributed by atoms with Crippen molar-refractivity contribution < 1.29 is 13.9 Å². The van der Waals surface area contributed by atoms with E-state index in [9.17, 15) is 9.18 Å². The fourth-order valence-corrected chi connectivity index (χ4v) is 2.59. The van der Waals surface area contributed by atoms with Gasteiger partial charge in [0.05, 0.1) is 12.0 Å². The van der Waals surface area contributed by atoms with Crippen molar-refractivity contribution >= 4 is 11.6 Å². The van der Waals surface area contributed by atoms with Gasteiger partial charge in [-0.05, 0) is 42.3 Å². The number of carbonyl (C=O) groups is 1. The summed E-state index contributed by atoms with van der Waals surface area (Å²) in [6.45, 7) is 1.94. The van der Waals surface area contributed by atoms with Gasteiger partial charge >= 0.3 is 0 Å². The highest BCUT2D eigenvalue weighted by Crippen LogP contribution is 2.37. The van der Waals surface area contributed by atoms with E-state index in [1.807, 2.05) is 30.3 Å². The molecule has 0 saturated carbocycles. The molecule has 22 heavy (non-hydrogen) atoms. The fourth-order valence-electron chi connectivity index (χ4n) is 2.59. The molecular weight excluding hydrogens is 283 g/mol. The molecule has 4 nitrogen and oxygen atoms in total. The summed E-state index contributed by atoms with van der Waals surface area (Å²) < 4.78 is 19.4. The molecule has 2 aromatic rings. The molecule has 0 bridgehead atoms. The molecule has 1 amide bonds. The summed E-state index contributed by atoms with van der Waals surface area (Å²) in [6.07, 6.45) is 0. The van der Waals surface area contributed by atoms with Gasteiger partial charge in [-0.25, -0.2) is 4.39 Å². The van der Waals surface area contributed by atoms with Crippen LogP contribution in [0.4, 0.5) is 10.1 Å². The Labute approximate surface area is 128 Å². The van der Waals surface area contributed by atoms with Crippen LogP contribution in [0.25, 0.3) is 0 Å². The lowest BCUT2D eigenvalue weighted by Gasteiger charge is -2.17. The standard InChI is InChI=1S/C17H17FN2O2/c1-10-13-7-11(18)8-14(16(13)20-17(10)21)15(19)9-22-12-5-3-2-4-6-12/h2-8,10,15H,9,19H2,1H3,(H,20,21). The molecular formula is C17H17FN2O2. The molecule has 2 aromatic carbocycles. The van der Waals surface area contributed by atoms with Crippen molar-refractivity contribution in [2.24, 2.45) is 5.73 Å². The summed E-state index contributed by atoms with van der Waals surface area (Å²) in [5.41, 5.74) is 7.95. The first-order valence-electron chi connectivity index (χ1n) is 7.14. The molecule has 1 aliphatic heterocycles. The third-order valence-electron chi connectivity index (χ3n) is 3.84. The average molecular weight is 300 g/mol. The normalized spacial score (nSPS) is 17.8. The topological polar surface area (TPSA) is 64.4 Å². The maximum Gasteiger partial charge on any atom is 0.231 e. The molecule has 2 unspecified atom stereocenters. The predicted octanol–water partition coefficient (Wildman–Crippen LogP) is 2.96. The summed E-state index contributed by atoms with van der Waals surface area (Å²) in [5.74, 6) is -0.208. The lowest BCUT2D eigenvalue weighted by Crippen LogP contribution is -2.20. The fraction of sp³-hybridized carbons (Fsp3) is 0.235. The van der Waals surface area contributed by atoms with Crippen LogP contribution >= 0.6 is 0 Å². The average Bonchev–Trinajstić information content (AvgIpc) is 2.81. The van der Waals surface area contributed by atoms with E-state index < -0.39 is 11.9 Å². The molecule has 0 saturated heterocycles. The van der Waals surface area contributed by atoms with Crippen molar-refractivity contribution in [3.8, 4) is 5.75 Å². The van der Waals surface area contributed by atoms with Gasteiger partial charge in [0.1, 0.15) is 18.2 Å². The van der Waals surface area contributed by atoms with Crippen LogP contribution in [0, 0.1) is 5.82 Å². The monoisotopic (exact) mass is 300 g/mol. The number of hydrogen-bond acceptors (Lipinski definition) is 3. The summed E-state index contributed by atoms with van der Waals surface area (Å²) in [4.78, 5) is 11.8. The van der Waals surface area contributed by atoms with Crippen LogP contribution in [0.15, 0.2) is 42.5 Å². The molecule has 0 aliphatic carbocycles. The first kappa shape index (κ1) is 14.5. The minimum absolute atomic E-state index is 0.141. The highest BCUT2D eigenvalue weighted by Gasteiger charge is 2.30. The van der Waals surface area contributed by atoms with Crippen molar-refractivity contribution in [1.29, 1.82) is 0 Å². The molecule has 114 valence electrons. The zero-order chi connectivity index (χ0) is 15.7. The number of benzene rings is 2. The van der Waals surface area contributed by atoms with Gasteiger partial charge in [0, 0.05) is 5.69 Å². The number of hydrogen-bond donors (Lipinski definition) is 2. The van der Waals surface area contributed by atoms with Crippen LogP contribution in [-0.2, 0) is 4.79 Å². The van der Waals surface area contributed by atoms with E-state index in [0.29, 0.717) is 22.6 Å². The minimum atomic E-state index is -0.532. The second-order valence-electron chi connectivity index (χ2n) is 5.40. The number of halogens is 1. The molecule has 1 aliphatic rings. The Morgan fingerprint density at radius 2 is 2.05 bits per heavy atom. The summed E-state index contributed by atoms with van der Waals surface area (Å²) >= 11 is 0. The Balaban J connectivity index is 1.83. The smallest absolute Gasteiger partial charge is 0.231 e. The number of amides is 1. The zero-order valence-corrected chi connectivity index (χ0v) is 12.2. The summed E-state index contributed by atoms with van der Waals surface area (Å²) in [7, 11) is 0. The largest absolute Gasteiger partial charge is 0.492 e. The molecule has 0 fully saturated rings. The van der Waals surface area contributed by atoms with Crippen LogP contribution in [-0.4, -0.2) is 12.5 Å². The number of carbonyl (C=O) groups excluding carboxylic acids is 1. The van der Waals surface area contributed by atoms with Crippen LogP contribution < -0.4 is 15.8 Å². The SMILES string of the molecule is CC1C(=O)Nc2c(C(N)COc3ccccc3)cc(F)cc21. The van der Waals surface area contributed by atoms with Crippen molar-refractivity contribution in [3.63, 3.8) is 0 Å². The second-order valence-corrected chi connectivity index (χ2v) is 5.40. The van der Waals surface area contributed by atoms with Gasteiger partial charge in [-0.2, -0.15) is 0 Å². The Morgan fingerprint density at radius 1 is 1.32 bits per heavy atom. The van der Waals surface area contributed by atoms with Gasteiger partial charge in [0.2, 0.25) is 5.91 Å². The molecule has 2 atom stereocenters. The lowest BCUT2D eigenvalue weighted by atomic mass is 9.97. The first-order chi connectivity index (χ1) is 10.6. The Hall–Kier alpha value is -2.40. The molecule has 5 heteroatoms. The number of nitrogens with two attached hydrogens (primary N) is 1. The first-order valence-corrected chi connectivity index (χ1v) is 7.14. The van der Waals surface area contributed by atoms with E-state index in [0.717, 1.165) is 0 Å². The van der Waals surface area contributed by atoms with Crippen molar-refractivity contribution in [3.05, 3.63) is 59.4 Å². The van der Waals surface area contributed by atoms with E-state index >= 15 is 0 Å². The van der Waals surface area contributed by atoms with E-state index in [1.165, 1.54) is 12.1 Å². The molecule has 0 aromatic heterocycles. The van der Waals surface area contributed by atoms with Crippen molar-refractivity contribution in [2.75, 3.05) is 11.9 Å². The third kappa shape index (κ3) is 2.67. The second kappa shape index (κ2) is 5.77. The van der Waals surface area contributed by atoms with E-state index in [2.05, 4.69) is 5.32 Å². The van der Waals surface area contributed by atoms with Gasteiger partial charge in [0.25, 0.3) is 0 Å². The highest BCUT2D eigenvalue weighted by atomic mass is 19.1. The number of fused-ring (bicyclic) bond motifs is 1. The van der Waals surface area contributed by atoms with Crippen LogP contribution in [0.1, 0.15) is 30.0 Å². The van der Waals surface area contributed by atoms with E-state index in [4.69, 9.17) is 10.5 Å². The molecule has 1 heterocycles. The quantitative estimate of drug-likeness (QED) is 0.912. The Bertz CT molecular complexity index is 703. The van der Waals surface area contributed by atoms with E-state index in [1.54, 1.807) is 6.92 Å². The molecule has 0 radical (unpaired) electrons. The van der Waals surface area contributed by atoms with Gasteiger partial charge in [-0.15, -0.1) is 0 Å². The highest BCUT2D eigenvalue weighted by molar-refractivity contribution is 6.03. The summed E-state index contributed by atoms with van der Waals surface area (Å²) in [6, 6.07) is 11.5. The van der Waals surface area contributed by atoms with Gasteiger partial charge in [0.15, 0.2) is 0 Å². The number of anilines is 1. The molecule has 3 rings (SSSR count). The van der Waals surface area contributed by atoms with Crippen molar-refractivity contribution in [1.82, 2.24) is 0 Å². The maximum absolute atomic E-state index is 13.8. The van der Waals surface area contributed by atoms with Gasteiger partial charge < -0.3 is 15.8 Å². The molecule has 0 spiro atoms. The van der Waals surface area contributed by atoms with Crippen LogP contribution in [0.2, 0.25) is 0 Å². The Kier molecular flexibility index (Phi) is 3.81. The number of ether oxygens (including phenoxy) is 1. The van der Waals surface area contributed by atoms with Gasteiger partial charge in [-0.3, -0.25) is 4.79 Å². The number of para-hydroxylation sites is 1. The van der Waals surface area contributed by atoms with Crippen LogP contribution in [0.5, 0.6) is 5.75 Å². The number of nitrogens with one attached hydrogen (secondary N) is 1. The van der Waals surface area contributed by atoms with E-state index in [-0.39, 0.29) is 18.4 Å². The number of rotatable bonds is 4. The van der Waals surface area contributed by atoms with Gasteiger partial charge in [-0.1, -0.05) is 18.2 Å². The molecule has 3 N–H and O–H groups in total. The lowest BCUT2D eigenvalue weighted by molar-refractivity contribution is -0.116. The summed E-state index contributed by atoms with van der Waals surface area (Å²) in [5, 5.41) is 2.78. The van der Waals surface area contributed by atoms with Crippen LogP contribution in [0.3, 0.4) is 0 Å².